The average molecular weight is 483 g/mol. The molecule has 1 aliphatic rings. The van der Waals surface area contributed by atoms with Gasteiger partial charge in [-0.25, -0.2) is 8.42 Å². The zero-order chi connectivity index (χ0) is 24.3. The molecule has 1 amide bonds. The molecule has 178 valence electrons. The molecule has 3 aromatic carbocycles. The number of hydrogen-bond acceptors (Lipinski definition) is 6. The molecule has 1 aliphatic heterocycles. The number of carbonyl (C=O) groups is 1. The number of rotatable bonds is 8. The highest BCUT2D eigenvalue weighted by Gasteiger charge is 2.29. The fourth-order valence-corrected chi connectivity index (χ4v) is 5.34. The Kier molecular flexibility index (Phi) is 6.65. The molecule has 0 bridgehead atoms. The van der Waals surface area contributed by atoms with Gasteiger partial charge in [-0.2, -0.15) is 0 Å². The van der Waals surface area contributed by atoms with Crippen LogP contribution in [-0.2, 0) is 21.4 Å². The summed E-state index contributed by atoms with van der Waals surface area (Å²) < 4.78 is 44.3. The quantitative estimate of drug-likeness (QED) is 0.528. The standard InChI is InChI=1S/C25H26N2O6S/c1-17-4-5-18(2)24(12-17)34(29,30)27(20-7-9-21(31-3)10-8-20)15-25(28)26-14-19-6-11-22-23(13-19)33-16-32-22/h4-13H,14-16H2,1-3H3,(H,26,28). The van der Waals surface area contributed by atoms with E-state index in [1.807, 2.05) is 19.1 Å². The summed E-state index contributed by atoms with van der Waals surface area (Å²) in [4.78, 5) is 13.0. The van der Waals surface area contributed by atoms with Crippen molar-refractivity contribution in [2.24, 2.45) is 0 Å². The van der Waals surface area contributed by atoms with Crippen molar-refractivity contribution in [3.63, 3.8) is 0 Å². The predicted molar refractivity (Wildman–Crippen MR) is 128 cm³/mol. The van der Waals surface area contributed by atoms with E-state index in [0.29, 0.717) is 28.5 Å². The largest absolute Gasteiger partial charge is 0.497 e. The number of anilines is 1. The van der Waals surface area contributed by atoms with Crippen LogP contribution in [0, 0.1) is 13.8 Å². The van der Waals surface area contributed by atoms with Crippen molar-refractivity contribution in [1.82, 2.24) is 5.32 Å². The van der Waals surface area contributed by atoms with Gasteiger partial charge < -0.3 is 19.5 Å². The van der Waals surface area contributed by atoms with Gasteiger partial charge in [0, 0.05) is 6.54 Å². The summed E-state index contributed by atoms with van der Waals surface area (Å²) >= 11 is 0. The number of nitrogens with one attached hydrogen (secondary N) is 1. The molecular weight excluding hydrogens is 456 g/mol. The Bertz CT molecular complexity index is 1310. The lowest BCUT2D eigenvalue weighted by Gasteiger charge is -2.25. The molecule has 9 heteroatoms. The van der Waals surface area contributed by atoms with E-state index in [1.165, 1.54) is 7.11 Å². The molecular formula is C25H26N2O6S. The number of aryl methyl sites for hydroxylation is 2. The smallest absolute Gasteiger partial charge is 0.265 e. The molecule has 0 unspecified atom stereocenters. The minimum Gasteiger partial charge on any atom is -0.497 e. The molecule has 0 aliphatic carbocycles. The fraction of sp³-hybridized carbons (Fsp3) is 0.240. The first-order valence-electron chi connectivity index (χ1n) is 10.7. The molecule has 1 heterocycles. The van der Waals surface area contributed by atoms with Gasteiger partial charge in [0.15, 0.2) is 11.5 Å². The SMILES string of the molecule is COc1ccc(N(CC(=O)NCc2ccc3c(c2)OCO3)S(=O)(=O)c2cc(C)ccc2C)cc1. The lowest BCUT2D eigenvalue weighted by molar-refractivity contribution is -0.119. The molecule has 0 radical (unpaired) electrons. The summed E-state index contributed by atoms with van der Waals surface area (Å²) in [5.74, 6) is 1.41. The van der Waals surface area contributed by atoms with Crippen molar-refractivity contribution in [3.05, 3.63) is 77.4 Å². The zero-order valence-electron chi connectivity index (χ0n) is 19.2. The minimum absolute atomic E-state index is 0.159. The molecule has 0 saturated carbocycles. The molecule has 4 rings (SSSR count). The lowest BCUT2D eigenvalue weighted by Crippen LogP contribution is -2.41. The average Bonchev–Trinajstić information content (AvgIpc) is 3.30. The molecule has 0 spiro atoms. The van der Waals surface area contributed by atoms with E-state index in [4.69, 9.17) is 14.2 Å². The number of sulfonamides is 1. The van der Waals surface area contributed by atoms with E-state index in [-0.39, 0.29) is 24.8 Å². The fourth-order valence-electron chi connectivity index (χ4n) is 3.61. The Morgan fingerprint density at radius 1 is 1.00 bits per heavy atom. The van der Waals surface area contributed by atoms with Gasteiger partial charge in [0.05, 0.1) is 17.7 Å². The normalized spacial score (nSPS) is 12.3. The third kappa shape index (κ3) is 4.94. The van der Waals surface area contributed by atoms with Crippen LogP contribution in [0.3, 0.4) is 0 Å². The molecule has 0 aromatic heterocycles. The van der Waals surface area contributed by atoms with Gasteiger partial charge in [-0.1, -0.05) is 18.2 Å². The van der Waals surface area contributed by atoms with Crippen molar-refractivity contribution < 1.29 is 27.4 Å². The van der Waals surface area contributed by atoms with Crippen LogP contribution in [0.25, 0.3) is 0 Å². The van der Waals surface area contributed by atoms with Gasteiger partial charge in [-0.15, -0.1) is 0 Å². The van der Waals surface area contributed by atoms with Crippen LogP contribution in [0.2, 0.25) is 0 Å². The Hall–Kier alpha value is -3.72. The van der Waals surface area contributed by atoms with E-state index >= 15 is 0 Å². The predicted octanol–water partition coefficient (Wildman–Crippen LogP) is 3.55. The van der Waals surface area contributed by atoms with Crippen LogP contribution >= 0.6 is 0 Å². The van der Waals surface area contributed by atoms with Gasteiger partial charge in [0.1, 0.15) is 12.3 Å². The Morgan fingerprint density at radius 3 is 2.47 bits per heavy atom. The summed E-state index contributed by atoms with van der Waals surface area (Å²) in [5, 5.41) is 2.80. The molecule has 1 N–H and O–H groups in total. The number of hydrogen-bond donors (Lipinski definition) is 1. The van der Waals surface area contributed by atoms with E-state index in [9.17, 15) is 13.2 Å². The maximum Gasteiger partial charge on any atom is 0.265 e. The summed E-state index contributed by atoms with van der Waals surface area (Å²) in [6, 6.07) is 17.2. The van der Waals surface area contributed by atoms with Crippen LogP contribution in [0.4, 0.5) is 5.69 Å². The molecule has 3 aromatic rings. The monoisotopic (exact) mass is 482 g/mol. The molecule has 34 heavy (non-hydrogen) atoms. The Balaban J connectivity index is 1.58. The zero-order valence-corrected chi connectivity index (χ0v) is 20.0. The first kappa shape index (κ1) is 23.4. The number of methoxy groups -OCH3 is 1. The Labute approximate surface area is 199 Å². The van der Waals surface area contributed by atoms with Crippen LogP contribution in [0.5, 0.6) is 17.2 Å². The van der Waals surface area contributed by atoms with Gasteiger partial charge in [-0.3, -0.25) is 9.10 Å². The van der Waals surface area contributed by atoms with Crippen molar-refractivity contribution in [2.75, 3.05) is 24.8 Å². The van der Waals surface area contributed by atoms with Crippen molar-refractivity contribution >= 4 is 21.6 Å². The Morgan fingerprint density at radius 2 is 1.74 bits per heavy atom. The van der Waals surface area contributed by atoms with Gasteiger partial charge in [0.2, 0.25) is 12.7 Å². The summed E-state index contributed by atoms with van der Waals surface area (Å²) in [7, 11) is -2.49. The molecule has 0 atom stereocenters. The van der Waals surface area contributed by atoms with E-state index in [1.54, 1.807) is 55.5 Å². The first-order chi connectivity index (χ1) is 16.3. The molecule has 0 saturated heterocycles. The summed E-state index contributed by atoms with van der Waals surface area (Å²) in [6.45, 7) is 3.56. The van der Waals surface area contributed by atoms with E-state index in [2.05, 4.69) is 5.32 Å². The van der Waals surface area contributed by atoms with Crippen molar-refractivity contribution in [2.45, 2.75) is 25.3 Å². The second-order valence-electron chi connectivity index (χ2n) is 7.94. The van der Waals surface area contributed by atoms with Gasteiger partial charge in [-0.05, 0) is 73.0 Å². The minimum atomic E-state index is -4.02. The summed E-state index contributed by atoms with van der Waals surface area (Å²) in [6.07, 6.45) is 0. The summed E-state index contributed by atoms with van der Waals surface area (Å²) in [5.41, 5.74) is 2.59. The van der Waals surface area contributed by atoms with Crippen molar-refractivity contribution in [3.8, 4) is 17.2 Å². The number of ether oxygens (including phenoxy) is 3. The van der Waals surface area contributed by atoms with E-state index in [0.717, 1.165) is 15.4 Å². The first-order valence-corrected chi connectivity index (χ1v) is 12.1. The number of amides is 1. The van der Waals surface area contributed by atoms with Crippen LogP contribution in [0.15, 0.2) is 65.6 Å². The second-order valence-corrected chi connectivity index (χ2v) is 9.77. The van der Waals surface area contributed by atoms with Gasteiger partial charge >= 0.3 is 0 Å². The highest BCUT2D eigenvalue weighted by molar-refractivity contribution is 7.93. The van der Waals surface area contributed by atoms with E-state index < -0.39 is 15.9 Å². The molecule has 0 fully saturated rings. The maximum absolute atomic E-state index is 13.7. The third-order valence-electron chi connectivity index (χ3n) is 5.49. The van der Waals surface area contributed by atoms with Crippen LogP contribution in [-0.4, -0.2) is 34.8 Å². The van der Waals surface area contributed by atoms with Crippen LogP contribution in [0.1, 0.15) is 16.7 Å². The lowest BCUT2D eigenvalue weighted by atomic mass is 10.2. The maximum atomic E-state index is 13.7. The number of fused-ring (bicyclic) bond motifs is 1. The number of benzene rings is 3. The number of carbonyl (C=O) groups excluding carboxylic acids is 1. The number of nitrogens with zero attached hydrogens (tertiary/aromatic N) is 1. The van der Waals surface area contributed by atoms with Gasteiger partial charge in [0.25, 0.3) is 10.0 Å². The van der Waals surface area contributed by atoms with Crippen molar-refractivity contribution in [1.29, 1.82) is 0 Å². The molecule has 8 nitrogen and oxygen atoms in total. The third-order valence-corrected chi connectivity index (χ3v) is 7.40. The highest BCUT2D eigenvalue weighted by atomic mass is 32.2. The second kappa shape index (κ2) is 9.64. The topological polar surface area (TPSA) is 94.2 Å². The van der Waals surface area contributed by atoms with Crippen LogP contribution < -0.4 is 23.8 Å². The highest BCUT2D eigenvalue weighted by Crippen LogP contribution is 2.32.